The summed E-state index contributed by atoms with van der Waals surface area (Å²) >= 11 is 3.37. The molecule has 1 atom stereocenters. The standard InChI is InChI=1S/C22H17BrO5/c1-11(24)9-18-19(14-5-3-4-6-16(14)27-18)12(2)20-21(25)15-10-13(23)7-8-17(15)28-22(20)26/h3-8,10,12,25H,9H2,1-2H3. The highest BCUT2D eigenvalue weighted by Crippen LogP contribution is 2.40. The lowest BCUT2D eigenvalue weighted by atomic mass is 9.89. The van der Waals surface area contributed by atoms with E-state index in [1.165, 1.54) is 6.92 Å². The van der Waals surface area contributed by atoms with E-state index in [4.69, 9.17) is 8.83 Å². The van der Waals surface area contributed by atoms with E-state index in [0.717, 1.165) is 9.86 Å². The Morgan fingerprint density at radius 3 is 2.54 bits per heavy atom. The van der Waals surface area contributed by atoms with Crippen LogP contribution in [0.5, 0.6) is 5.75 Å². The molecule has 0 aliphatic rings. The van der Waals surface area contributed by atoms with Crippen molar-refractivity contribution in [3.8, 4) is 5.75 Å². The van der Waals surface area contributed by atoms with E-state index in [1.54, 1.807) is 25.1 Å². The molecule has 2 aromatic heterocycles. The molecule has 0 amide bonds. The zero-order valence-electron chi connectivity index (χ0n) is 15.3. The molecule has 0 bridgehead atoms. The van der Waals surface area contributed by atoms with Crippen LogP contribution >= 0.6 is 15.9 Å². The van der Waals surface area contributed by atoms with Gasteiger partial charge in [0, 0.05) is 21.3 Å². The molecule has 6 heteroatoms. The third-order valence-corrected chi connectivity index (χ3v) is 5.35. The van der Waals surface area contributed by atoms with Gasteiger partial charge in [-0.3, -0.25) is 4.79 Å². The van der Waals surface area contributed by atoms with Gasteiger partial charge in [0.1, 0.15) is 28.5 Å². The van der Waals surface area contributed by atoms with Crippen molar-refractivity contribution in [2.24, 2.45) is 0 Å². The van der Waals surface area contributed by atoms with Gasteiger partial charge in [-0.15, -0.1) is 0 Å². The van der Waals surface area contributed by atoms with Gasteiger partial charge < -0.3 is 13.9 Å². The van der Waals surface area contributed by atoms with E-state index in [0.29, 0.717) is 27.9 Å². The SMILES string of the molecule is CC(=O)Cc1oc2ccccc2c1C(C)c1c(O)c2cc(Br)ccc2oc1=O. The van der Waals surface area contributed by atoms with Gasteiger partial charge in [0.15, 0.2) is 0 Å². The molecule has 1 N–H and O–H groups in total. The summed E-state index contributed by atoms with van der Waals surface area (Å²) in [6, 6.07) is 12.5. The van der Waals surface area contributed by atoms with Crippen LogP contribution in [-0.2, 0) is 11.2 Å². The van der Waals surface area contributed by atoms with Gasteiger partial charge >= 0.3 is 5.63 Å². The van der Waals surface area contributed by atoms with Gasteiger partial charge in [0.25, 0.3) is 0 Å². The second-order valence-corrected chi connectivity index (χ2v) is 7.74. The Hall–Kier alpha value is -2.86. The number of halogens is 1. The molecule has 0 radical (unpaired) electrons. The molecule has 2 aromatic carbocycles. The Morgan fingerprint density at radius 2 is 1.79 bits per heavy atom. The molecule has 4 aromatic rings. The molecule has 5 nitrogen and oxygen atoms in total. The number of furan rings is 1. The maximum absolute atomic E-state index is 12.7. The monoisotopic (exact) mass is 440 g/mol. The average Bonchev–Trinajstić information content (AvgIpc) is 2.99. The molecule has 0 spiro atoms. The van der Waals surface area contributed by atoms with Crippen LogP contribution in [0, 0.1) is 0 Å². The topological polar surface area (TPSA) is 80.7 Å². The fourth-order valence-corrected chi connectivity index (χ4v) is 4.01. The lowest BCUT2D eigenvalue weighted by Gasteiger charge is -2.14. The van der Waals surface area contributed by atoms with Gasteiger partial charge in [-0.2, -0.15) is 0 Å². The van der Waals surface area contributed by atoms with Crippen LogP contribution in [0.2, 0.25) is 0 Å². The molecule has 0 aliphatic heterocycles. The molecule has 28 heavy (non-hydrogen) atoms. The number of benzene rings is 2. The quantitative estimate of drug-likeness (QED) is 0.436. The van der Waals surface area contributed by atoms with Crippen molar-refractivity contribution in [2.45, 2.75) is 26.2 Å². The van der Waals surface area contributed by atoms with E-state index in [-0.39, 0.29) is 23.5 Å². The van der Waals surface area contributed by atoms with Crippen LogP contribution in [0.15, 0.2) is 60.6 Å². The Balaban J connectivity index is 1.99. The number of para-hydroxylation sites is 1. The van der Waals surface area contributed by atoms with Crippen LogP contribution in [0.25, 0.3) is 21.9 Å². The predicted octanol–water partition coefficient (Wildman–Crippen LogP) is 5.29. The third-order valence-electron chi connectivity index (χ3n) is 4.86. The van der Waals surface area contributed by atoms with E-state index >= 15 is 0 Å². The third kappa shape index (κ3) is 3.03. The number of rotatable bonds is 4. The van der Waals surface area contributed by atoms with Crippen molar-refractivity contribution in [1.82, 2.24) is 0 Å². The van der Waals surface area contributed by atoms with Gasteiger partial charge in [-0.05, 0) is 31.2 Å². The predicted molar refractivity (Wildman–Crippen MR) is 110 cm³/mol. The van der Waals surface area contributed by atoms with Crippen molar-refractivity contribution >= 4 is 43.7 Å². The molecule has 0 aliphatic carbocycles. The Kier molecular flexibility index (Phi) is 4.59. The van der Waals surface area contributed by atoms with Crippen LogP contribution in [0.3, 0.4) is 0 Å². The second kappa shape index (κ2) is 6.95. The average molecular weight is 441 g/mol. The molecule has 4 rings (SSSR count). The summed E-state index contributed by atoms with van der Waals surface area (Å²) in [5.41, 5.74) is 1.18. The number of hydrogen-bond acceptors (Lipinski definition) is 5. The van der Waals surface area contributed by atoms with Gasteiger partial charge in [-0.1, -0.05) is 41.1 Å². The summed E-state index contributed by atoms with van der Waals surface area (Å²) in [7, 11) is 0. The molecule has 0 saturated heterocycles. The summed E-state index contributed by atoms with van der Waals surface area (Å²) in [6.45, 7) is 3.29. The number of carbonyl (C=O) groups excluding carboxylic acids is 1. The molecule has 1 unspecified atom stereocenters. The van der Waals surface area contributed by atoms with Crippen molar-refractivity contribution in [1.29, 1.82) is 0 Å². The summed E-state index contributed by atoms with van der Waals surface area (Å²) in [5, 5.41) is 12.1. The maximum Gasteiger partial charge on any atom is 0.343 e. The molecular formula is C22H17BrO5. The minimum absolute atomic E-state index is 0.0498. The summed E-state index contributed by atoms with van der Waals surface area (Å²) in [4.78, 5) is 24.5. The Labute approximate surface area is 168 Å². The first-order valence-electron chi connectivity index (χ1n) is 8.81. The van der Waals surface area contributed by atoms with Crippen LogP contribution in [-0.4, -0.2) is 10.9 Å². The van der Waals surface area contributed by atoms with Crippen molar-refractivity contribution < 1.29 is 18.7 Å². The molecule has 142 valence electrons. The maximum atomic E-state index is 12.7. The van der Waals surface area contributed by atoms with Crippen LogP contribution in [0.4, 0.5) is 0 Å². The van der Waals surface area contributed by atoms with Crippen LogP contribution < -0.4 is 5.63 Å². The first-order valence-corrected chi connectivity index (χ1v) is 9.61. The van der Waals surface area contributed by atoms with E-state index in [1.807, 2.05) is 24.3 Å². The van der Waals surface area contributed by atoms with E-state index in [9.17, 15) is 14.7 Å². The largest absolute Gasteiger partial charge is 0.507 e. The second-order valence-electron chi connectivity index (χ2n) is 6.83. The molecule has 0 fully saturated rings. The van der Waals surface area contributed by atoms with Crippen molar-refractivity contribution in [2.75, 3.05) is 0 Å². The molecular weight excluding hydrogens is 424 g/mol. The van der Waals surface area contributed by atoms with Gasteiger partial charge in [0.05, 0.1) is 17.4 Å². The zero-order valence-corrected chi connectivity index (χ0v) is 16.9. The first-order chi connectivity index (χ1) is 13.4. The Bertz CT molecular complexity index is 1280. The number of aromatic hydroxyl groups is 1. The minimum atomic E-state index is -0.612. The minimum Gasteiger partial charge on any atom is -0.507 e. The lowest BCUT2D eigenvalue weighted by Crippen LogP contribution is -2.13. The number of carbonyl (C=O) groups is 1. The van der Waals surface area contributed by atoms with Crippen LogP contribution in [0.1, 0.15) is 36.7 Å². The highest BCUT2D eigenvalue weighted by molar-refractivity contribution is 9.10. The van der Waals surface area contributed by atoms with Crippen molar-refractivity contribution in [3.05, 3.63) is 74.2 Å². The highest BCUT2D eigenvalue weighted by Gasteiger charge is 2.27. The normalized spacial score (nSPS) is 12.5. The number of Topliss-reactive ketones (excluding diaryl/α,β-unsaturated/α-hetero) is 1. The lowest BCUT2D eigenvalue weighted by molar-refractivity contribution is -0.116. The first kappa shape index (κ1) is 18.5. The molecule has 2 heterocycles. The number of ketones is 1. The highest BCUT2D eigenvalue weighted by atomic mass is 79.9. The smallest absolute Gasteiger partial charge is 0.343 e. The summed E-state index contributed by atoms with van der Waals surface area (Å²) < 4.78 is 12.1. The summed E-state index contributed by atoms with van der Waals surface area (Å²) in [6.07, 6.45) is 0.111. The van der Waals surface area contributed by atoms with E-state index < -0.39 is 11.5 Å². The molecule has 0 saturated carbocycles. The fourth-order valence-electron chi connectivity index (χ4n) is 3.65. The van der Waals surface area contributed by atoms with Gasteiger partial charge in [-0.25, -0.2) is 4.79 Å². The van der Waals surface area contributed by atoms with E-state index in [2.05, 4.69) is 15.9 Å². The Morgan fingerprint density at radius 1 is 1.07 bits per heavy atom. The van der Waals surface area contributed by atoms with Gasteiger partial charge in [0.2, 0.25) is 0 Å². The fraction of sp³-hybridized carbons (Fsp3) is 0.182. The number of fused-ring (bicyclic) bond motifs is 2. The summed E-state index contributed by atoms with van der Waals surface area (Å²) in [5.74, 6) is -0.211. The van der Waals surface area contributed by atoms with Crippen molar-refractivity contribution in [3.63, 3.8) is 0 Å². The number of hydrogen-bond donors (Lipinski definition) is 1. The zero-order chi connectivity index (χ0) is 20.0.